The van der Waals surface area contributed by atoms with Crippen LogP contribution in [0.4, 0.5) is 5.95 Å². The molecular weight excluding hydrogens is 280 g/mol. The number of hydrogen-bond acceptors (Lipinski definition) is 6. The van der Waals surface area contributed by atoms with E-state index < -0.39 is 0 Å². The van der Waals surface area contributed by atoms with E-state index in [4.69, 9.17) is 0 Å². The number of aliphatic hydroxyl groups excluding tert-OH is 1. The third kappa shape index (κ3) is 3.81. The molecule has 6 nitrogen and oxygen atoms in total. The number of nitrogens with zero attached hydrogens (tertiary/aromatic N) is 4. The average molecular weight is 304 g/mol. The second-order valence-electron chi connectivity index (χ2n) is 6.40. The monoisotopic (exact) mass is 304 g/mol. The summed E-state index contributed by atoms with van der Waals surface area (Å²) in [6, 6.07) is 0. The summed E-state index contributed by atoms with van der Waals surface area (Å²) in [5, 5.41) is 9.56. The molecule has 1 aromatic rings. The summed E-state index contributed by atoms with van der Waals surface area (Å²) in [5.74, 6) is 1.45. The van der Waals surface area contributed by atoms with Gasteiger partial charge in [0.15, 0.2) is 6.29 Å². The number of aldehydes is 1. The van der Waals surface area contributed by atoms with Gasteiger partial charge in [-0.2, -0.15) is 0 Å². The smallest absolute Gasteiger partial charge is 0.225 e. The molecule has 22 heavy (non-hydrogen) atoms. The summed E-state index contributed by atoms with van der Waals surface area (Å²) >= 11 is 0. The normalized spacial score (nSPS) is 22.0. The maximum Gasteiger partial charge on any atom is 0.225 e. The van der Waals surface area contributed by atoms with Gasteiger partial charge in [-0.1, -0.05) is 0 Å². The SMILES string of the molecule is O=Cc1cnc(N2CCC(CN3CCC(O)CC3)CC2)nc1. The lowest BCUT2D eigenvalue weighted by atomic mass is 9.95. The maximum absolute atomic E-state index is 10.6. The largest absolute Gasteiger partial charge is 0.393 e. The van der Waals surface area contributed by atoms with E-state index in [0.717, 1.165) is 76.6 Å². The van der Waals surface area contributed by atoms with Crippen LogP contribution in [0.25, 0.3) is 0 Å². The summed E-state index contributed by atoms with van der Waals surface area (Å²) in [5.41, 5.74) is 0.519. The van der Waals surface area contributed by atoms with E-state index in [2.05, 4.69) is 19.8 Å². The molecule has 0 unspecified atom stereocenters. The Morgan fingerprint density at radius 1 is 1.09 bits per heavy atom. The number of carbonyl (C=O) groups excluding carboxylic acids is 1. The number of likely N-dealkylation sites (tertiary alicyclic amines) is 1. The van der Waals surface area contributed by atoms with Crippen molar-refractivity contribution in [2.24, 2.45) is 5.92 Å². The number of anilines is 1. The Bertz CT molecular complexity index is 477. The molecule has 2 fully saturated rings. The van der Waals surface area contributed by atoms with Crippen LogP contribution in [0, 0.1) is 5.92 Å². The van der Waals surface area contributed by atoms with Gasteiger partial charge in [-0.15, -0.1) is 0 Å². The van der Waals surface area contributed by atoms with Crippen LogP contribution in [0.5, 0.6) is 0 Å². The zero-order valence-corrected chi connectivity index (χ0v) is 12.9. The van der Waals surface area contributed by atoms with Gasteiger partial charge in [-0.3, -0.25) is 4.79 Å². The van der Waals surface area contributed by atoms with Crippen molar-refractivity contribution in [2.75, 3.05) is 37.6 Å². The average Bonchev–Trinajstić information content (AvgIpc) is 2.58. The second-order valence-corrected chi connectivity index (χ2v) is 6.40. The van der Waals surface area contributed by atoms with E-state index in [0.29, 0.717) is 5.56 Å². The molecule has 0 amide bonds. The minimum Gasteiger partial charge on any atom is -0.393 e. The maximum atomic E-state index is 10.6. The lowest BCUT2D eigenvalue weighted by Gasteiger charge is -2.36. The molecule has 2 saturated heterocycles. The molecule has 1 N–H and O–H groups in total. The molecule has 3 rings (SSSR count). The van der Waals surface area contributed by atoms with Gasteiger partial charge in [0.1, 0.15) is 0 Å². The third-order valence-corrected chi connectivity index (χ3v) is 4.77. The molecule has 0 saturated carbocycles. The van der Waals surface area contributed by atoms with Crippen molar-refractivity contribution in [3.8, 4) is 0 Å². The van der Waals surface area contributed by atoms with Crippen LogP contribution in [0.1, 0.15) is 36.0 Å². The predicted octanol–water partition coefficient (Wildman–Crippen LogP) is 0.962. The molecule has 0 atom stereocenters. The van der Waals surface area contributed by atoms with Gasteiger partial charge < -0.3 is 14.9 Å². The molecule has 2 aliphatic rings. The van der Waals surface area contributed by atoms with Crippen LogP contribution in [0.15, 0.2) is 12.4 Å². The van der Waals surface area contributed by atoms with E-state index in [1.165, 1.54) is 0 Å². The van der Waals surface area contributed by atoms with Crippen molar-refractivity contribution in [3.05, 3.63) is 18.0 Å². The van der Waals surface area contributed by atoms with E-state index >= 15 is 0 Å². The fourth-order valence-electron chi connectivity index (χ4n) is 3.34. The highest BCUT2D eigenvalue weighted by Gasteiger charge is 2.24. The first-order valence-corrected chi connectivity index (χ1v) is 8.17. The third-order valence-electron chi connectivity index (χ3n) is 4.77. The molecule has 2 aliphatic heterocycles. The first kappa shape index (κ1) is 15.4. The fourth-order valence-corrected chi connectivity index (χ4v) is 3.34. The summed E-state index contributed by atoms with van der Waals surface area (Å²) in [6.45, 7) is 5.14. The molecular formula is C16H24N4O2. The zero-order valence-electron chi connectivity index (χ0n) is 12.9. The number of carbonyl (C=O) groups is 1. The number of aromatic nitrogens is 2. The lowest BCUT2D eigenvalue weighted by molar-refractivity contribution is 0.0723. The summed E-state index contributed by atoms with van der Waals surface area (Å²) in [4.78, 5) is 23.9. The first-order chi connectivity index (χ1) is 10.7. The van der Waals surface area contributed by atoms with Gasteiger partial charge in [0, 0.05) is 45.1 Å². The summed E-state index contributed by atoms with van der Waals surface area (Å²) in [6.07, 6.45) is 7.97. The highest BCUT2D eigenvalue weighted by atomic mass is 16.3. The lowest BCUT2D eigenvalue weighted by Crippen LogP contribution is -2.42. The van der Waals surface area contributed by atoms with Crippen molar-refractivity contribution in [3.63, 3.8) is 0 Å². The quantitative estimate of drug-likeness (QED) is 0.836. The van der Waals surface area contributed by atoms with Crippen molar-refractivity contribution in [2.45, 2.75) is 31.8 Å². The number of piperidine rings is 2. The van der Waals surface area contributed by atoms with Crippen molar-refractivity contribution >= 4 is 12.2 Å². The Kier molecular flexibility index (Phi) is 5.00. The predicted molar refractivity (Wildman–Crippen MR) is 84.0 cm³/mol. The fraction of sp³-hybridized carbons (Fsp3) is 0.688. The highest BCUT2D eigenvalue weighted by molar-refractivity contribution is 5.73. The number of aliphatic hydroxyl groups is 1. The standard InChI is InChI=1S/C16H24N4O2/c21-12-14-9-17-16(18-10-14)20-7-1-13(2-8-20)11-19-5-3-15(22)4-6-19/h9-10,12-13,15,22H,1-8,11H2. The first-order valence-electron chi connectivity index (χ1n) is 8.17. The molecule has 0 aliphatic carbocycles. The Balaban J connectivity index is 1.46. The van der Waals surface area contributed by atoms with Crippen LogP contribution in [-0.2, 0) is 0 Å². The molecule has 0 radical (unpaired) electrons. The van der Waals surface area contributed by atoms with Crippen LogP contribution < -0.4 is 4.90 Å². The molecule has 0 bridgehead atoms. The highest BCUT2D eigenvalue weighted by Crippen LogP contribution is 2.22. The van der Waals surface area contributed by atoms with Crippen LogP contribution in [0.3, 0.4) is 0 Å². The summed E-state index contributed by atoms with van der Waals surface area (Å²) in [7, 11) is 0. The molecule has 0 spiro atoms. The molecule has 1 aromatic heterocycles. The molecule has 6 heteroatoms. The van der Waals surface area contributed by atoms with Gasteiger partial charge in [-0.25, -0.2) is 9.97 Å². The summed E-state index contributed by atoms with van der Waals surface area (Å²) < 4.78 is 0. The Labute approximate surface area is 131 Å². The minimum absolute atomic E-state index is 0.0930. The van der Waals surface area contributed by atoms with Gasteiger partial charge in [0.05, 0.1) is 11.7 Å². The number of rotatable bonds is 4. The molecule has 3 heterocycles. The van der Waals surface area contributed by atoms with Crippen molar-refractivity contribution in [1.29, 1.82) is 0 Å². The van der Waals surface area contributed by atoms with E-state index in [1.807, 2.05) is 0 Å². The second kappa shape index (κ2) is 7.15. The molecule has 0 aromatic carbocycles. The Morgan fingerprint density at radius 3 is 2.32 bits per heavy atom. The van der Waals surface area contributed by atoms with E-state index in [1.54, 1.807) is 12.4 Å². The van der Waals surface area contributed by atoms with Gasteiger partial charge in [0.2, 0.25) is 5.95 Å². The van der Waals surface area contributed by atoms with E-state index in [-0.39, 0.29) is 6.10 Å². The van der Waals surface area contributed by atoms with Crippen LogP contribution in [0.2, 0.25) is 0 Å². The Morgan fingerprint density at radius 2 is 1.73 bits per heavy atom. The number of hydrogen-bond donors (Lipinski definition) is 1. The zero-order chi connectivity index (χ0) is 15.4. The molecule has 120 valence electrons. The van der Waals surface area contributed by atoms with Crippen molar-refractivity contribution in [1.82, 2.24) is 14.9 Å². The van der Waals surface area contributed by atoms with Gasteiger partial charge >= 0.3 is 0 Å². The Hall–Kier alpha value is -1.53. The van der Waals surface area contributed by atoms with Crippen LogP contribution in [-0.4, -0.2) is 65.1 Å². The minimum atomic E-state index is -0.0930. The topological polar surface area (TPSA) is 69.6 Å². The van der Waals surface area contributed by atoms with Gasteiger partial charge in [0.25, 0.3) is 0 Å². The van der Waals surface area contributed by atoms with Crippen LogP contribution >= 0.6 is 0 Å². The van der Waals surface area contributed by atoms with Crippen molar-refractivity contribution < 1.29 is 9.90 Å². The van der Waals surface area contributed by atoms with E-state index in [9.17, 15) is 9.90 Å². The van der Waals surface area contributed by atoms with Gasteiger partial charge in [-0.05, 0) is 31.6 Å².